The second-order valence-electron chi connectivity index (χ2n) is 8.21. The van der Waals surface area contributed by atoms with Gasteiger partial charge in [0.1, 0.15) is 11.4 Å². The van der Waals surface area contributed by atoms with Crippen LogP contribution in [-0.4, -0.2) is 53.8 Å². The molecule has 2 saturated heterocycles. The number of benzene rings is 1. The number of likely N-dealkylation sites (tertiary alicyclic amines) is 1. The van der Waals surface area contributed by atoms with Gasteiger partial charge >= 0.3 is 6.09 Å². The second kappa shape index (κ2) is 6.90. The van der Waals surface area contributed by atoms with E-state index in [0.29, 0.717) is 5.75 Å². The van der Waals surface area contributed by atoms with Crippen LogP contribution in [0, 0.1) is 10.1 Å². The molecular weight excluding hydrogens is 350 g/mol. The molecule has 8 nitrogen and oxygen atoms in total. The Morgan fingerprint density at radius 2 is 1.81 bits per heavy atom. The third-order valence-electron chi connectivity index (χ3n) is 5.40. The summed E-state index contributed by atoms with van der Waals surface area (Å²) < 4.78 is 10.9. The van der Waals surface area contributed by atoms with E-state index in [4.69, 9.17) is 9.47 Å². The molecule has 0 unspecified atom stereocenters. The lowest BCUT2D eigenvalue weighted by Gasteiger charge is -2.56. The summed E-state index contributed by atoms with van der Waals surface area (Å²) in [6.45, 7) is 7.87. The summed E-state index contributed by atoms with van der Waals surface area (Å²) in [6, 6.07) is 4.69. The first-order chi connectivity index (χ1) is 12.6. The van der Waals surface area contributed by atoms with Crippen LogP contribution in [0.25, 0.3) is 0 Å². The third kappa shape index (κ3) is 3.79. The lowest BCUT2D eigenvalue weighted by Crippen LogP contribution is -2.66. The van der Waals surface area contributed by atoms with Gasteiger partial charge in [0, 0.05) is 25.7 Å². The Morgan fingerprint density at radius 1 is 1.19 bits per heavy atom. The standard InChI is InChI=1S/C19H27N3O5/c1-18(2,3)27-17(23)21-12-9-19(21)7-10-20(11-8-19)15-6-5-14(22(24)25)13-16(15)26-4/h5-6,13H,7-12H2,1-4H3. The van der Waals surface area contributed by atoms with Crippen LogP contribution >= 0.6 is 0 Å². The lowest BCUT2D eigenvalue weighted by molar-refractivity contribution is -0.384. The highest BCUT2D eigenvalue weighted by molar-refractivity contribution is 5.71. The Labute approximate surface area is 159 Å². The zero-order valence-corrected chi connectivity index (χ0v) is 16.4. The van der Waals surface area contributed by atoms with Crippen LogP contribution in [0.4, 0.5) is 16.2 Å². The summed E-state index contributed by atoms with van der Waals surface area (Å²) in [6.07, 6.45) is 2.42. The first-order valence-corrected chi connectivity index (χ1v) is 9.23. The fraction of sp³-hybridized carbons (Fsp3) is 0.632. The van der Waals surface area contributed by atoms with Crippen molar-refractivity contribution in [3.8, 4) is 5.75 Å². The van der Waals surface area contributed by atoms with Gasteiger partial charge in [-0.05, 0) is 46.1 Å². The molecule has 2 heterocycles. The number of methoxy groups -OCH3 is 1. The van der Waals surface area contributed by atoms with Gasteiger partial charge in [-0.3, -0.25) is 10.1 Å². The van der Waals surface area contributed by atoms with E-state index in [-0.39, 0.29) is 17.3 Å². The minimum Gasteiger partial charge on any atom is -0.494 e. The summed E-state index contributed by atoms with van der Waals surface area (Å²) in [5.41, 5.74) is 0.230. The number of nitro groups is 1. The van der Waals surface area contributed by atoms with Gasteiger partial charge in [0.15, 0.2) is 0 Å². The predicted octanol–water partition coefficient (Wildman–Crippen LogP) is 3.58. The van der Waals surface area contributed by atoms with E-state index in [0.717, 1.165) is 44.6 Å². The van der Waals surface area contributed by atoms with Crippen molar-refractivity contribution < 1.29 is 19.2 Å². The minimum atomic E-state index is -0.499. The Balaban J connectivity index is 1.69. The van der Waals surface area contributed by atoms with Crippen molar-refractivity contribution in [2.75, 3.05) is 31.6 Å². The van der Waals surface area contributed by atoms with Crippen molar-refractivity contribution in [1.29, 1.82) is 0 Å². The maximum atomic E-state index is 12.5. The molecule has 0 bridgehead atoms. The molecule has 0 aromatic heterocycles. The molecule has 2 aliphatic rings. The molecule has 8 heteroatoms. The highest BCUT2D eigenvalue weighted by atomic mass is 16.6. The Morgan fingerprint density at radius 3 is 2.30 bits per heavy atom. The molecule has 1 spiro atoms. The number of nitro benzene ring substituents is 1. The average Bonchev–Trinajstić information content (AvgIpc) is 2.58. The van der Waals surface area contributed by atoms with Crippen molar-refractivity contribution in [2.45, 2.75) is 51.2 Å². The molecule has 2 aliphatic heterocycles. The van der Waals surface area contributed by atoms with Crippen LogP contribution in [0.2, 0.25) is 0 Å². The fourth-order valence-corrected chi connectivity index (χ4v) is 3.87. The number of hydrogen-bond acceptors (Lipinski definition) is 6. The third-order valence-corrected chi connectivity index (χ3v) is 5.40. The van der Waals surface area contributed by atoms with Crippen molar-refractivity contribution in [3.63, 3.8) is 0 Å². The number of carbonyl (C=O) groups is 1. The van der Waals surface area contributed by atoms with Crippen molar-refractivity contribution >= 4 is 17.5 Å². The van der Waals surface area contributed by atoms with Gasteiger partial charge in [-0.1, -0.05) is 0 Å². The number of ether oxygens (including phenoxy) is 2. The maximum Gasteiger partial charge on any atom is 0.410 e. The summed E-state index contributed by atoms with van der Waals surface area (Å²) in [7, 11) is 1.52. The number of anilines is 1. The zero-order valence-electron chi connectivity index (χ0n) is 16.4. The quantitative estimate of drug-likeness (QED) is 0.591. The molecule has 0 radical (unpaired) electrons. The number of nitrogens with zero attached hydrogens (tertiary/aromatic N) is 3. The highest BCUT2D eigenvalue weighted by Crippen LogP contribution is 2.43. The molecule has 0 atom stereocenters. The number of hydrogen-bond donors (Lipinski definition) is 0. The van der Waals surface area contributed by atoms with Crippen molar-refractivity contribution in [2.24, 2.45) is 0 Å². The fourth-order valence-electron chi connectivity index (χ4n) is 3.87. The van der Waals surface area contributed by atoms with Crippen LogP contribution in [0.1, 0.15) is 40.0 Å². The number of piperidine rings is 1. The van der Waals surface area contributed by atoms with Crippen LogP contribution in [0.3, 0.4) is 0 Å². The number of amides is 1. The average molecular weight is 377 g/mol. The topological polar surface area (TPSA) is 85.2 Å². The highest BCUT2D eigenvalue weighted by Gasteiger charge is 2.50. The number of non-ortho nitro benzene ring substituents is 1. The molecule has 0 N–H and O–H groups in total. The van der Waals surface area contributed by atoms with Gasteiger partial charge in [0.25, 0.3) is 5.69 Å². The lowest BCUT2D eigenvalue weighted by atomic mass is 9.76. The smallest absolute Gasteiger partial charge is 0.410 e. The van der Waals surface area contributed by atoms with Gasteiger partial charge in [-0.25, -0.2) is 4.79 Å². The summed E-state index contributed by atoms with van der Waals surface area (Å²) >= 11 is 0. The summed E-state index contributed by atoms with van der Waals surface area (Å²) in [5, 5.41) is 11.0. The largest absolute Gasteiger partial charge is 0.494 e. The van der Waals surface area contributed by atoms with Crippen molar-refractivity contribution in [1.82, 2.24) is 4.90 Å². The Bertz CT molecular complexity index is 735. The summed E-state index contributed by atoms with van der Waals surface area (Å²) in [5.74, 6) is 0.498. The van der Waals surface area contributed by atoms with E-state index in [2.05, 4.69) is 4.90 Å². The van der Waals surface area contributed by atoms with E-state index in [1.54, 1.807) is 6.07 Å². The van der Waals surface area contributed by atoms with Gasteiger partial charge in [-0.2, -0.15) is 0 Å². The molecule has 1 amide bonds. The zero-order chi connectivity index (χ0) is 19.8. The van der Waals surface area contributed by atoms with Gasteiger partial charge in [-0.15, -0.1) is 0 Å². The normalized spacial score (nSPS) is 18.8. The first kappa shape index (κ1) is 19.3. The van der Waals surface area contributed by atoms with E-state index in [1.165, 1.54) is 19.2 Å². The monoisotopic (exact) mass is 377 g/mol. The molecule has 27 heavy (non-hydrogen) atoms. The molecule has 148 valence electrons. The second-order valence-corrected chi connectivity index (χ2v) is 8.21. The Kier molecular flexibility index (Phi) is 4.92. The molecular formula is C19H27N3O5. The minimum absolute atomic E-state index is 0.0131. The number of rotatable bonds is 3. The summed E-state index contributed by atoms with van der Waals surface area (Å²) in [4.78, 5) is 27.1. The van der Waals surface area contributed by atoms with E-state index in [9.17, 15) is 14.9 Å². The van der Waals surface area contributed by atoms with Crippen molar-refractivity contribution in [3.05, 3.63) is 28.3 Å². The maximum absolute atomic E-state index is 12.5. The van der Waals surface area contributed by atoms with E-state index < -0.39 is 10.5 Å². The SMILES string of the molecule is COc1cc([N+](=O)[O-])ccc1N1CCC2(CC1)CCN2C(=O)OC(C)(C)C. The van der Waals surface area contributed by atoms with Gasteiger partial charge < -0.3 is 19.3 Å². The van der Waals surface area contributed by atoms with Crippen LogP contribution in [0.5, 0.6) is 5.75 Å². The molecule has 1 aromatic carbocycles. The molecule has 2 fully saturated rings. The van der Waals surface area contributed by atoms with Crippen LogP contribution in [-0.2, 0) is 4.74 Å². The molecule has 1 aromatic rings. The van der Waals surface area contributed by atoms with Gasteiger partial charge in [0.05, 0.1) is 29.3 Å². The van der Waals surface area contributed by atoms with Crippen LogP contribution < -0.4 is 9.64 Å². The predicted molar refractivity (Wildman–Crippen MR) is 101 cm³/mol. The van der Waals surface area contributed by atoms with Gasteiger partial charge in [0.2, 0.25) is 0 Å². The molecule has 0 aliphatic carbocycles. The van der Waals surface area contributed by atoms with E-state index >= 15 is 0 Å². The van der Waals surface area contributed by atoms with E-state index in [1.807, 2.05) is 25.7 Å². The number of carbonyl (C=O) groups excluding carboxylic acids is 1. The molecule has 3 rings (SSSR count). The van der Waals surface area contributed by atoms with Crippen LogP contribution in [0.15, 0.2) is 18.2 Å². The Hall–Kier alpha value is -2.51. The first-order valence-electron chi connectivity index (χ1n) is 9.23. The molecule has 0 saturated carbocycles.